The van der Waals surface area contributed by atoms with Crippen molar-refractivity contribution in [3.63, 3.8) is 0 Å². The molecule has 3 aromatic rings. The van der Waals surface area contributed by atoms with Crippen LogP contribution in [-0.2, 0) is 12.5 Å². The molecule has 0 spiro atoms. The Morgan fingerprint density at radius 2 is 1.21 bits per heavy atom. The van der Waals surface area contributed by atoms with Crippen LogP contribution in [0.3, 0.4) is 0 Å². The quantitative estimate of drug-likeness (QED) is 0.254. The second kappa shape index (κ2) is 8.48. The lowest BCUT2D eigenvalue weighted by Crippen LogP contribution is -2.57. The van der Waals surface area contributed by atoms with Gasteiger partial charge in [0.2, 0.25) is 5.69 Å². The van der Waals surface area contributed by atoms with Gasteiger partial charge in [0.25, 0.3) is 0 Å². The van der Waals surface area contributed by atoms with Crippen molar-refractivity contribution < 1.29 is 4.57 Å². The summed E-state index contributed by atoms with van der Waals surface area (Å²) in [4.78, 5) is 0. The molecule has 0 saturated heterocycles. The first kappa shape index (κ1) is 28.0. The Kier molecular flexibility index (Phi) is 6.25. The third-order valence-electron chi connectivity index (χ3n) is 9.73. The molecule has 5 heteroatoms. The van der Waals surface area contributed by atoms with Crippen LogP contribution in [0.2, 0.25) is 63.7 Å². The topological polar surface area (TPSA) is 3.88 Å². The molecule has 38 heavy (non-hydrogen) atoms. The predicted molar refractivity (Wildman–Crippen MR) is 180 cm³/mol. The molecule has 0 saturated carbocycles. The minimum Gasteiger partial charge on any atom is -0.201 e. The van der Waals surface area contributed by atoms with Crippen molar-refractivity contribution in [2.45, 2.75) is 96.8 Å². The molecule has 0 atom stereocenters. The van der Waals surface area contributed by atoms with Gasteiger partial charge in [-0.15, -0.1) is 0 Å². The van der Waals surface area contributed by atoms with Crippen molar-refractivity contribution in [1.82, 2.24) is 0 Å². The normalized spacial score (nSPS) is 20.3. The average Bonchev–Trinajstić information content (AvgIpc) is 3.07. The lowest BCUT2D eigenvalue weighted by molar-refractivity contribution is -0.660. The number of pyridine rings is 1. The number of hydrogen-bond donors (Lipinski definition) is 0. The Morgan fingerprint density at radius 1 is 0.684 bits per heavy atom. The van der Waals surface area contributed by atoms with Gasteiger partial charge in [0.1, 0.15) is 7.05 Å². The third kappa shape index (κ3) is 4.32. The van der Waals surface area contributed by atoms with Crippen LogP contribution in [0.25, 0.3) is 22.4 Å². The molecule has 0 unspecified atom stereocenters. The first-order valence-electron chi connectivity index (χ1n) is 14.6. The summed E-state index contributed by atoms with van der Waals surface area (Å²) in [6.45, 7) is 30.6. The fourth-order valence-corrected chi connectivity index (χ4v) is 39.5. The summed E-state index contributed by atoms with van der Waals surface area (Å²) in [6, 6.07) is 15.0. The van der Waals surface area contributed by atoms with Gasteiger partial charge in [-0.25, -0.2) is 4.57 Å². The highest BCUT2D eigenvalue weighted by Gasteiger charge is 2.52. The van der Waals surface area contributed by atoms with E-state index in [0.29, 0.717) is 0 Å². The van der Waals surface area contributed by atoms with Gasteiger partial charge >= 0.3 is 0 Å². The van der Waals surface area contributed by atoms with Gasteiger partial charge in [-0.05, 0) is 40.7 Å². The van der Waals surface area contributed by atoms with E-state index in [0.717, 1.165) is 0 Å². The summed E-state index contributed by atoms with van der Waals surface area (Å²) in [5.41, 5.74) is 11.8. The fourth-order valence-electron chi connectivity index (χ4n) is 8.38. The highest BCUT2D eigenvalue weighted by Crippen LogP contribution is 2.37. The van der Waals surface area contributed by atoms with E-state index >= 15 is 0 Å². The number of nitrogens with zero attached hydrogens (tertiary/aromatic N) is 1. The summed E-state index contributed by atoms with van der Waals surface area (Å²) in [5.74, 6) is 0. The van der Waals surface area contributed by atoms with E-state index in [-0.39, 0.29) is 5.41 Å². The Bertz CT molecular complexity index is 1420. The van der Waals surface area contributed by atoms with E-state index in [1.807, 2.05) is 20.7 Å². The van der Waals surface area contributed by atoms with Crippen molar-refractivity contribution in [2.75, 3.05) is 0 Å². The van der Waals surface area contributed by atoms with Crippen LogP contribution in [-0.4, -0.2) is 32.3 Å². The van der Waals surface area contributed by atoms with Crippen LogP contribution in [0.4, 0.5) is 0 Å². The van der Waals surface area contributed by atoms with E-state index in [1.165, 1.54) is 39.3 Å². The predicted octanol–water partition coefficient (Wildman–Crippen LogP) is 6.22. The summed E-state index contributed by atoms with van der Waals surface area (Å²) < 4.78 is 2.32. The minimum atomic E-state index is -1.54. The first-order valence-corrected chi connectivity index (χ1v) is 27.4. The summed E-state index contributed by atoms with van der Waals surface area (Å²) in [7, 11) is -3.75. The number of fused-ring (bicyclic) bond motifs is 2. The number of benzene rings is 2. The van der Waals surface area contributed by atoms with Crippen molar-refractivity contribution in [2.24, 2.45) is 7.05 Å². The van der Waals surface area contributed by atoms with Crippen LogP contribution in [0.15, 0.2) is 42.6 Å². The zero-order valence-corrected chi connectivity index (χ0v) is 30.4. The lowest BCUT2D eigenvalue weighted by atomic mass is 9.86. The Morgan fingerprint density at radius 3 is 1.71 bits per heavy atom. The van der Waals surface area contributed by atoms with E-state index in [4.69, 9.17) is 0 Å². The molecular formula is C33H50NSi4+. The summed E-state index contributed by atoms with van der Waals surface area (Å²) in [6.07, 6.45) is 2.26. The Balaban J connectivity index is 1.87. The van der Waals surface area contributed by atoms with Crippen LogP contribution >= 0.6 is 0 Å². The molecule has 0 radical (unpaired) electrons. The van der Waals surface area contributed by atoms with Crippen molar-refractivity contribution in [3.8, 4) is 22.4 Å². The van der Waals surface area contributed by atoms with Crippen LogP contribution in [0.1, 0.15) is 31.9 Å². The second-order valence-corrected chi connectivity index (χ2v) is 36.2. The zero-order chi connectivity index (χ0) is 28.2. The highest BCUT2D eigenvalue weighted by atomic mass is 28.4. The molecule has 5 rings (SSSR count). The number of aromatic nitrogens is 1. The maximum Gasteiger partial charge on any atom is 0.212 e. The monoisotopic (exact) mass is 572 g/mol. The molecule has 1 aromatic heterocycles. The molecule has 202 valence electrons. The largest absolute Gasteiger partial charge is 0.212 e. The van der Waals surface area contributed by atoms with Crippen LogP contribution in [0.5, 0.6) is 0 Å². The smallest absolute Gasteiger partial charge is 0.201 e. The number of rotatable bonds is 2. The average molecular weight is 573 g/mol. The molecule has 0 bridgehead atoms. The first-order chi connectivity index (χ1) is 17.3. The van der Waals surface area contributed by atoms with Gasteiger partial charge < -0.3 is 0 Å². The molecule has 0 aliphatic carbocycles. The molecule has 2 aliphatic rings. The maximum atomic E-state index is 2.82. The van der Waals surface area contributed by atoms with Gasteiger partial charge in [-0.2, -0.15) is 0 Å². The SMILES string of the molecule is Cc1ccc(-c2c3c(cc4c2[Si](C)(C)C[Si]4(C)C)[Si](C)(C)C[Si]3(C)C)cc1-c1cc(C(C)(C)C)cc[n+]1C. The minimum absolute atomic E-state index is 0.132. The van der Waals surface area contributed by atoms with Crippen molar-refractivity contribution in [3.05, 3.63) is 53.7 Å². The maximum absolute atomic E-state index is 2.82. The van der Waals surface area contributed by atoms with Crippen LogP contribution in [0, 0.1) is 6.92 Å². The number of hydrogen-bond acceptors (Lipinski definition) is 0. The number of aryl methyl sites for hydroxylation is 2. The second-order valence-electron chi connectivity index (χ2n) is 16.2. The van der Waals surface area contributed by atoms with Gasteiger partial charge in [-0.3, -0.25) is 0 Å². The van der Waals surface area contributed by atoms with Gasteiger partial charge in [-0.1, -0.05) is 123 Å². The Hall–Kier alpha value is -1.54. The lowest BCUT2D eigenvalue weighted by Gasteiger charge is -2.29. The summed E-state index contributed by atoms with van der Waals surface area (Å²) in [5, 5.41) is 7.36. The van der Waals surface area contributed by atoms with Crippen LogP contribution < -0.4 is 25.3 Å². The van der Waals surface area contributed by atoms with E-state index in [1.54, 1.807) is 5.56 Å². The van der Waals surface area contributed by atoms with Gasteiger partial charge in [0.05, 0.1) is 32.3 Å². The molecule has 0 N–H and O–H groups in total. The molecule has 2 aromatic carbocycles. The molecule has 3 heterocycles. The van der Waals surface area contributed by atoms with Crippen molar-refractivity contribution >= 4 is 53.0 Å². The highest BCUT2D eigenvalue weighted by molar-refractivity contribution is 7.18. The molecular weight excluding hydrogens is 523 g/mol. The van der Waals surface area contributed by atoms with E-state index in [2.05, 4.69) is 134 Å². The molecule has 1 nitrogen and oxygen atoms in total. The van der Waals surface area contributed by atoms with Gasteiger partial charge in [0, 0.05) is 17.7 Å². The molecule has 0 amide bonds. The standard InChI is InChI=1S/C33H50NSi4/c1-23-14-15-24(18-26(23)27-19-25(33(2,3)4)16-17-34(27)5)30-31-28(35(6,7)21-37(31,10)11)20-29-32(30)38(12,13)22-36(29,8)9/h14-20H,21-22H2,1-13H3/q+1. The van der Waals surface area contributed by atoms with E-state index in [9.17, 15) is 0 Å². The third-order valence-corrected chi connectivity index (χ3v) is 31.8. The van der Waals surface area contributed by atoms with E-state index < -0.39 is 32.3 Å². The Labute approximate surface area is 236 Å². The van der Waals surface area contributed by atoms with Gasteiger partial charge in [0.15, 0.2) is 6.20 Å². The molecule has 0 fully saturated rings. The fraction of sp³-hybridized carbons (Fsp3) is 0.485. The van der Waals surface area contributed by atoms with Crippen molar-refractivity contribution in [1.29, 1.82) is 0 Å². The zero-order valence-electron chi connectivity index (χ0n) is 26.4. The molecule has 2 aliphatic heterocycles. The summed E-state index contributed by atoms with van der Waals surface area (Å²) >= 11 is 0.